The van der Waals surface area contributed by atoms with E-state index in [1.165, 1.54) is 12.8 Å². The van der Waals surface area contributed by atoms with Gasteiger partial charge >= 0.3 is 0 Å². The first kappa shape index (κ1) is 9.93. The molecule has 1 heterocycles. The summed E-state index contributed by atoms with van der Waals surface area (Å²) in [6.45, 7) is 0.489. The monoisotopic (exact) mass is 198 g/mol. The van der Waals surface area contributed by atoms with Crippen molar-refractivity contribution in [3.05, 3.63) is 0 Å². The van der Waals surface area contributed by atoms with Gasteiger partial charge in [0.05, 0.1) is 13.2 Å². The van der Waals surface area contributed by atoms with Crippen molar-refractivity contribution in [2.75, 3.05) is 20.2 Å². The molecule has 2 rings (SSSR count). The Kier molecular flexibility index (Phi) is 2.49. The molecular weight excluding hydrogens is 180 g/mol. The molecule has 2 fully saturated rings. The molecule has 0 aromatic heterocycles. The van der Waals surface area contributed by atoms with Crippen molar-refractivity contribution in [2.24, 2.45) is 0 Å². The minimum Gasteiger partial charge on any atom is -0.394 e. The Bertz CT molecular complexity index is 236. The Hall–Kier alpha value is -0.610. The predicted molar refractivity (Wildman–Crippen MR) is 52.4 cm³/mol. The van der Waals surface area contributed by atoms with Gasteiger partial charge in [0.25, 0.3) is 0 Å². The van der Waals surface area contributed by atoms with Crippen molar-refractivity contribution in [1.82, 2.24) is 10.0 Å². The summed E-state index contributed by atoms with van der Waals surface area (Å²) >= 11 is 0. The molecule has 1 aliphatic heterocycles. The number of rotatable bonds is 2. The number of carbonyl (C=O) groups excluding carboxylic acids is 1. The van der Waals surface area contributed by atoms with E-state index in [1.54, 1.807) is 5.01 Å². The third-order valence-corrected chi connectivity index (χ3v) is 3.66. The second kappa shape index (κ2) is 3.51. The highest BCUT2D eigenvalue weighted by atomic mass is 16.3. The van der Waals surface area contributed by atoms with Crippen LogP contribution in [-0.4, -0.2) is 46.8 Å². The molecule has 1 N–H and O–H groups in total. The first-order valence-corrected chi connectivity index (χ1v) is 5.35. The molecule has 0 bridgehead atoms. The molecule has 2 aliphatic rings. The number of carbonyl (C=O) groups is 1. The standard InChI is InChI=1S/C10H18N2O2/c1-11-10(4-2-3-5-10)8-9(14)12(11)6-7-13/h13H,2-8H2,1H3. The smallest absolute Gasteiger partial charge is 0.238 e. The number of amides is 1. The largest absolute Gasteiger partial charge is 0.394 e. The molecule has 4 heteroatoms. The minimum atomic E-state index is 0.0478. The summed E-state index contributed by atoms with van der Waals surface area (Å²) in [6, 6.07) is 0. The van der Waals surface area contributed by atoms with E-state index in [-0.39, 0.29) is 18.1 Å². The van der Waals surface area contributed by atoms with Crippen LogP contribution in [0.4, 0.5) is 0 Å². The van der Waals surface area contributed by atoms with E-state index < -0.39 is 0 Å². The fourth-order valence-corrected chi connectivity index (χ4v) is 2.81. The van der Waals surface area contributed by atoms with Crippen molar-refractivity contribution in [3.63, 3.8) is 0 Å². The topological polar surface area (TPSA) is 43.8 Å². The average Bonchev–Trinajstić information content (AvgIpc) is 2.69. The number of hydrazine groups is 1. The lowest BCUT2D eigenvalue weighted by molar-refractivity contribution is -0.139. The maximum absolute atomic E-state index is 11.7. The second-order valence-electron chi connectivity index (χ2n) is 4.37. The van der Waals surface area contributed by atoms with Crippen molar-refractivity contribution in [2.45, 2.75) is 37.6 Å². The third kappa shape index (κ3) is 1.33. The molecule has 1 spiro atoms. The van der Waals surface area contributed by atoms with Gasteiger partial charge in [0.1, 0.15) is 0 Å². The summed E-state index contributed by atoms with van der Waals surface area (Å²) in [4.78, 5) is 11.7. The summed E-state index contributed by atoms with van der Waals surface area (Å²) < 4.78 is 0. The number of aliphatic hydroxyl groups is 1. The van der Waals surface area contributed by atoms with Gasteiger partial charge in [0, 0.05) is 19.0 Å². The van der Waals surface area contributed by atoms with Gasteiger partial charge in [-0.25, -0.2) is 5.01 Å². The number of nitrogens with zero attached hydrogens (tertiary/aromatic N) is 2. The summed E-state index contributed by atoms with van der Waals surface area (Å²) in [6.07, 6.45) is 5.34. The Morgan fingerprint density at radius 2 is 2.07 bits per heavy atom. The van der Waals surface area contributed by atoms with Gasteiger partial charge in [-0.2, -0.15) is 0 Å². The molecule has 1 saturated heterocycles. The average molecular weight is 198 g/mol. The second-order valence-corrected chi connectivity index (χ2v) is 4.37. The highest BCUT2D eigenvalue weighted by molar-refractivity contribution is 5.79. The van der Waals surface area contributed by atoms with Crippen molar-refractivity contribution in [3.8, 4) is 0 Å². The summed E-state index contributed by atoms with van der Waals surface area (Å²) in [5.74, 6) is 0.170. The quantitative estimate of drug-likeness (QED) is 0.697. The summed E-state index contributed by atoms with van der Waals surface area (Å²) in [7, 11) is 1.98. The van der Waals surface area contributed by atoms with E-state index in [9.17, 15) is 4.79 Å². The number of hydrogen-bond donors (Lipinski definition) is 1. The van der Waals surface area contributed by atoms with E-state index in [0.29, 0.717) is 13.0 Å². The zero-order valence-corrected chi connectivity index (χ0v) is 8.70. The van der Waals surface area contributed by atoms with Crippen LogP contribution < -0.4 is 0 Å². The van der Waals surface area contributed by atoms with Gasteiger partial charge < -0.3 is 5.11 Å². The number of aliphatic hydroxyl groups excluding tert-OH is 1. The van der Waals surface area contributed by atoms with E-state index in [2.05, 4.69) is 5.01 Å². The lowest BCUT2D eigenvalue weighted by Crippen LogP contribution is -2.47. The Balaban J connectivity index is 2.13. The Labute approximate surface area is 84.5 Å². The molecule has 0 unspecified atom stereocenters. The van der Waals surface area contributed by atoms with Gasteiger partial charge in [0.2, 0.25) is 5.91 Å². The number of β-amino-alcohol motifs (C(OH)–C–C–N with tert-alkyl or cyclic N) is 1. The van der Waals surface area contributed by atoms with Crippen LogP contribution in [-0.2, 0) is 4.79 Å². The zero-order valence-electron chi connectivity index (χ0n) is 8.70. The Morgan fingerprint density at radius 1 is 1.43 bits per heavy atom. The molecule has 0 atom stereocenters. The lowest BCUT2D eigenvalue weighted by atomic mass is 9.94. The summed E-state index contributed by atoms with van der Waals surface area (Å²) in [5, 5.41) is 12.6. The minimum absolute atomic E-state index is 0.0478. The fourth-order valence-electron chi connectivity index (χ4n) is 2.81. The third-order valence-electron chi connectivity index (χ3n) is 3.66. The van der Waals surface area contributed by atoms with Gasteiger partial charge in [-0.15, -0.1) is 0 Å². The molecule has 1 amide bonds. The Morgan fingerprint density at radius 3 is 2.64 bits per heavy atom. The fraction of sp³-hybridized carbons (Fsp3) is 0.900. The van der Waals surface area contributed by atoms with E-state index >= 15 is 0 Å². The van der Waals surface area contributed by atoms with Gasteiger partial charge in [-0.1, -0.05) is 12.8 Å². The van der Waals surface area contributed by atoms with Crippen LogP contribution in [0.3, 0.4) is 0 Å². The first-order valence-electron chi connectivity index (χ1n) is 5.35. The van der Waals surface area contributed by atoms with Gasteiger partial charge in [0.15, 0.2) is 0 Å². The van der Waals surface area contributed by atoms with Crippen molar-refractivity contribution in [1.29, 1.82) is 0 Å². The predicted octanol–water partition coefficient (Wildman–Crippen LogP) is 0.371. The van der Waals surface area contributed by atoms with Crippen molar-refractivity contribution >= 4 is 5.91 Å². The van der Waals surface area contributed by atoms with Crippen LogP contribution in [0.2, 0.25) is 0 Å². The molecule has 80 valence electrons. The van der Waals surface area contributed by atoms with Crippen LogP contribution in [0.1, 0.15) is 32.1 Å². The van der Waals surface area contributed by atoms with E-state index in [1.807, 2.05) is 7.05 Å². The van der Waals surface area contributed by atoms with Gasteiger partial charge in [-0.3, -0.25) is 9.80 Å². The number of hydrogen-bond acceptors (Lipinski definition) is 3. The van der Waals surface area contributed by atoms with Crippen LogP contribution in [0, 0.1) is 0 Å². The lowest BCUT2D eigenvalue weighted by Gasteiger charge is -2.35. The maximum atomic E-state index is 11.7. The van der Waals surface area contributed by atoms with Crippen molar-refractivity contribution < 1.29 is 9.90 Å². The first-order chi connectivity index (χ1) is 6.69. The molecule has 0 aromatic rings. The van der Waals surface area contributed by atoms with E-state index in [0.717, 1.165) is 12.8 Å². The molecule has 0 radical (unpaired) electrons. The highest BCUT2D eigenvalue weighted by Gasteiger charge is 2.48. The molecular formula is C10H18N2O2. The van der Waals surface area contributed by atoms with Crippen LogP contribution in [0.5, 0.6) is 0 Å². The highest BCUT2D eigenvalue weighted by Crippen LogP contribution is 2.42. The SMILES string of the molecule is CN1N(CCO)C(=O)CC12CCCC2. The van der Waals surface area contributed by atoms with Crippen LogP contribution in [0.15, 0.2) is 0 Å². The molecule has 0 aromatic carbocycles. The molecule has 1 aliphatic carbocycles. The molecule has 14 heavy (non-hydrogen) atoms. The van der Waals surface area contributed by atoms with E-state index in [4.69, 9.17) is 5.11 Å². The maximum Gasteiger partial charge on any atom is 0.238 e. The van der Waals surface area contributed by atoms with Crippen LogP contribution >= 0.6 is 0 Å². The molecule has 1 saturated carbocycles. The normalized spacial score (nSPS) is 26.7. The summed E-state index contributed by atoms with van der Waals surface area (Å²) in [5.41, 5.74) is 0.0895. The van der Waals surface area contributed by atoms with Crippen LogP contribution in [0.25, 0.3) is 0 Å². The molecule has 4 nitrogen and oxygen atoms in total. The van der Waals surface area contributed by atoms with Gasteiger partial charge in [-0.05, 0) is 12.8 Å². The zero-order chi connectivity index (χ0) is 10.2.